The molecule has 6 aromatic carbocycles. The summed E-state index contributed by atoms with van der Waals surface area (Å²) in [6.07, 6.45) is -0.582. The van der Waals surface area contributed by atoms with Crippen molar-refractivity contribution in [2.24, 2.45) is 5.73 Å². The zero-order chi connectivity index (χ0) is 42.2. The van der Waals surface area contributed by atoms with Gasteiger partial charge in [0, 0.05) is 13.0 Å². The highest BCUT2D eigenvalue weighted by atomic mass is 28.4. The Morgan fingerprint density at radius 1 is 0.700 bits per heavy atom. The molecule has 2 atom stereocenters. The van der Waals surface area contributed by atoms with Crippen molar-refractivity contribution in [3.63, 3.8) is 0 Å². The van der Waals surface area contributed by atoms with Gasteiger partial charge in [0.25, 0.3) is 8.32 Å². The van der Waals surface area contributed by atoms with E-state index in [2.05, 4.69) is 81.4 Å². The minimum atomic E-state index is -2.91. The van der Waals surface area contributed by atoms with Crippen LogP contribution in [0, 0.1) is 0 Å². The normalized spacial score (nSPS) is 15.7. The summed E-state index contributed by atoms with van der Waals surface area (Å²) in [6.45, 7) is 7.76. The molecule has 60 heavy (non-hydrogen) atoms. The summed E-state index contributed by atoms with van der Waals surface area (Å²) in [5.41, 5.74) is 9.79. The van der Waals surface area contributed by atoms with Crippen molar-refractivity contribution < 1.29 is 32.9 Å². The highest BCUT2D eigenvalue weighted by molar-refractivity contribution is 6.99. The van der Waals surface area contributed by atoms with E-state index >= 15 is 0 Å². The van der Waals surface area contributed by atoms with E-state index in [1.165, 1.54) is 0 Å². The SMILES string of the molecule is COc1ccc(C(OCC2OCCC2OC(=O)c2cc(CN)ccc2CO[Si](c2ccccc2)(c2ccccc2)C(C)(C)C)(c2ccccc2)c2ccc(OC)cc2)cc1. The minimum absolute atomic E-state index is 0.136. The fraction of sp³-hybridized carbons (Fsp3) is 0.275. The first-order valence-corrected chi connectivity index (χ1v) is 22.4. The number of ether oxygens (including phenoxy) is 5. The maximum absolute atomic E-state index is 14.5. The molecule has 2 unspecified atom stereocenters. The fourth-order valence-electron chi connectivity index (χ4n) is 8.42. The van der Waals surface area contributed by atoms with E-state index in [1.54, 1.807) is 14.2 Å². The van der Waals surface area contributed by atoms with Gasteiger partial charge in [-0.3, -0.25) is 0 Å². The average molecular weight is 822 g/mol. The number of methoxy groups -OCH3 is 2. The Hall–Kier alpha value is -5.55. The quantitative estimate of drug-likeness (QED) is 0.0590. The lowest BCUT2D eigenvalue weighted by atomic mass is 9.80. The number of hydrogen-bond acceptors (Lipinski definition) is 8. The van der Waals surface area contributed by atoms with Crippen LogP contribution in [0.3, 0.4) is 0 Å². The Labute approximate surface area is 355 Å². The first-order valence-electron chi connectivity index (χ1n) is 20.5. The fourth-order valence-corrected chi connectivity index (χ4v) is 12.9. The van der Waals surface area contributed by atoms with Gasteiger partial charge in [-0.25, -0.2) is 4.79 Å². The average Bonchev–Trinajstić information content (AvgIpc) is 3.74. The molecule has 7 rings (SSSR count). The smallest absolute Gasteiger partial charge is 0.338 e. The molecule has 8 nitrogen and oxygen atoms in total. The predicted octanol–water partition coefficient (Wildman–Crippen LogP) is 8.56. The number of benzene rings is 6. The van der Waals surface area contributed by atoms with Crippen LogP contribution in [0.1, 0.15) is 65.4 Å². The van der Waals surface area contributed by atoms with Crippen LogP contribution in [-0.4, -0.2) is 53.9 Å². The second-order valence-corrected chi connectivity index (χ2v) is 20.4. The monoisotopic (exact) mass is 821 g/mol. The molecule has 6 aromatic rings. The van der Waals surface area contributed by atoms with Crippen LogP contribution in [0.4, 0.5) is 0 Å². The molecule has 1 heterocycles. The van der Waals surface area contributed by atoms with Gasteiger partial charge in [0.05, 0.1) is 39.6 Å². The molecule has 1 fully saturated rings. The third kappa shape index (κ3) is 8.68. The van der Waals surface area contributed by atoms with Gasteiger partial charge in [0.15, 0.2) is 0 Å². The van der Waals surface area contributed by atoms with E-state index in [0.29, 0.717) is 18.6 Å². The van der Waals surface area contributed by atoms with E-state index in [9.17, 15) is 4.79 Å². The second-order valence-electron chi connectivity index (χ2n) is 16.1. The summed E-state index contributed by atoms with van der Waals surface area (Å²) in [5, 5.41) is 2.08. The summed E-state index contributed by atoms with van der Waals surface area (Å²) in [5.74, 6) is 1.01. The van der Waals surface area contributed by atoms with Gasteiger partial charge in [-0.2, -0.15) is 0 Å². The third-order valence-electron chi connectivity index (χ3n) is 11.5. The van der Waals surface area contributed by atoms with Crippen molar-refractivity contribution in [3.05, 3.63) is 191 Å². The van der Waals surface area contributed by atoms with Gasteiger partial charge in [-0.1, -0.05) is 148 Å². The molecule has 1 aliphatic heterocycles. The van der Waals surface area contributed by atoms with Crippen LogP contribution in [0.25, 0.3) is 0 Å². The molecule has 9 heteroatoms. The number of carbonyl (C=O) groups excluding carboxylic acids is 1. The van der Waals surface area contributed by atoms with E-state index in [-0.39, 0.29) is 24.8 Å². The summed E-state index contributed by atoms with van der Waals surface area (Å²) in [7, 11) is 0.390. The molecule has 0 spiro atoms. The van der Waals surface area contributed by atoms with Crippen molar-refractivity contribution in [1.82, 2.24) is 0 Å². The minimum Gasteiger partial charge on any atom is -0.497 e. The maximum atomic E-state index is 14.5. The van der Waals surface area contributed by atoms with Gasteiger partial charge in [0.1, 0.15) is 29.3 Å². The van der Waals surface area contributed by atoms with Crippen molar-refractivity contribution in [2.75, 3.05) is 27.4 Å². The molecule has 0 amide bonds. The van der Waals surface area contributed by atoms with E-state index < -0.39 is 32.1 Å². The molecule has 0 radical (unpaired) electrons. The lowest BCUT2D eigenvalue weighted by Crippen LogP contribution is -2.66. The maximum Gasteiger partial charge on any atom is 0.338 e. The van der Waals surface area contributed by atoms with Crippen molar-refractivity contribution in [1.29, 1.82) is 0 Å². The summed E-state index contributed by atoms with van der Waals surface area (Å²) < 4.78 is 38.2. The molecule has 310 valence electrons. The van der Waals surface area contributed by atoms with Gasteiger partial charge < -0.3 is 33.8 Å². The molecular formula is C51H55NO7Si. The van der Waals surface area contributed by atoms with Crippen molar-refractivity contribution in [2.45, 2.75) is 63.2 Å². The van der Waals surface area contributed by atoms with Crippen molar-refractivity contribution in [3.8, 4) is 11.5 Å². The lowest BCUT2D eigenvalue weighted by molar-refractivity contribution is -0.0742. The lowest BCUT2D eigenvalue weighted by Gasteiger charge is -2.43. The topological polar surface area (TPSA) is 98.5 Å². The second kappa shape index (κ2) is 18.8. The first kappa shape index (κ1) is 42.6. The molecule has 1 saturated heterocycles. The van der Waals surface area contributed by atoms with Crippen LogP contribution < -0.4 is 25.6 Å². The van der Waals surface area contributed by atoms with Gasteiger partial charge in [-0.15, -0.1) is 0 Å². The molecular weight excluding hydrogens is 767 g/mol. The number of hydrogen-bond donors (Lipinski definition) is 1. The molecule has 2 N–H and O–H groups in total. The van der Waals surface area contributed by atoms with Crippen molar-refractivity contribution >= 4 is 24.7 Å². The Bertz CT molecular complexity index is 2210. The molecule has 1 aliphatic rings. The number of nitrogens with two attached hydrogens (primary N) is 1. The Morgan fingerprint density at radius 2 is 1.22 bits per heavy atom. The van der Waals surface area contributed by atoms with Gasteiger partial charge in [-0.05, 0) is 73.6 Å². The summed E-state index contributed by atoms with van der Waals surface area (Å²) in [6, 6.07) is 52.6. The van der Waals surface area contributed by atoms with Crippen LogP contribution >= 0.6 is 0 Å². The van der Waals surface area contributed by atoms with Crippen LogP contribution in [0.5, 0.6) is 11.5 Å². The summed E-state index contributed by atoms with van der Waals surface area (Å²) >= 11 is 0. The summed E-state index contributed by atoms with van der Waals surface area (Å²) in [4.78, 5) is 14.5. The third-order valence-corrected chi connectivity index (χ3v) is 16.5. The number of rotatable bonds is 16. The predicted molar refractivity (Wildman–Crippen MR) is 239 cm³/mol. The Morgan fingerprint density at radius 3 is 1.72 bits per heavy atom. The molecule has 0 aliphatic carbocycles. The number of carbonyl (C=O) groups is 1. The number of esters is 1. The Kier molecular flexibility index (Phi) is 13.3. The van der Waals surface area contributed by atoms with Gasteiger partial charge in [0.2, 0.25) is 0 Å². The van der Waals surface area contributed by atoms with E-state index in [4.69, 9.17) is 33.8 Å². The largest absolute Gasteiger partial charge is 0.497 e. The van der Waals surface area contributed by atoms with E-state index in [0.717, 1.165) is 49.7 Å². The van der Waals surface area contributed by atoms with Gasteiger partial charge >= 0.3 is 5.97 Å². The van der Waals surface area contributed by atoms with Crippen LogP contribution in [-0.2, 0) is 37.4 Å². The zero-order valence-electron chi connectivity index (χ0n) is 35.1. The first-order chi connectivity index (χ1) is 29.1. The molecule has 0 saturated carbocycles. The standard InChI is InChI=1S/C51H55NO7Si/c1-50(2,3)60(44-17-11-7-12-18-44,45-19-13-8-14-20-45)58-35-38-22-21-37(34-52)33-46(38)49(53)59-47-31-32-56-48(47)36-57-51(39-15-9-6-10-16-39,40-23-27-42(54-4)28-24-40)41-25-29-43(55-5)30-26-41/h6-30,33,47-48H,31-32,34-36,52H2,1-5H3. The molecule has 0 aromatic heterocycles. The van der Waals surface area contributed by atoms with E-state index in [1.807, 2.05) is 97.1 Å². The highest BCUT2D eigenvalue weighted by Crippen LogP contribution is 2.43. The molecule has 0 bridgehead atoms. The van der Waals surface area contributed by atoms with Crippen LogP contribution in [0.2, 0.25) is 5.04 Å². The zero-order valence-corrected chi connectivity index (χ0v) is 36.1. The Balaban J connectivity index is 1.18. The van der Waals surface area contributed by atoms with Crippen LogP contribution in [0.15, 0.2) is 158 Å². The highest BCUT2D eigenvalue weighted by Gasteiger charge is 2.50.